The summed E-state index contributed by atoms with van der Waals surface area (Å²) in [5, 5.41) is 3.22. The van der Waals surface area contributed by atoms with Gasteiger partial charge in [0.2, 0.25) is 0 Å². The molecule has 4 nitrogen and oxygen atoms in total. The highest BCUT2D eigenvalue weighted by molar-refractivity contribution is 8.01. The molecule has 0 spiro atoms. The summed E-state index contributed by atoms with van der Waals surface area (Å²) >= 11 is 1.75. The van der Waals surface area contributed by atoms with Gasteiger partial charge in [0.25, 0.3) is 0 Å². The van der Waals surface area contributed by atoms with Crippen LogP contribution >= 0.6 is 11.8 Å². The van der Waals surface area contributed by atoms with Crippen molar-refractivity contribution in [2.45, 2.75) is 24.8 Å². The molecule has 116 valence electrons. The third-order valence-electron chi connectivity index (χ3n) is 4.31. The lowest BCUT2D eigenvalue weighted by Crippen LogP contribution is -2.51. The summed E-state index contributed by atoms with van der Waals surface area (Å²) in [5.74, 6) is 1.96. The molecule has 1 aromatic rings. The van der Waals surface area contributed by atoms with Crippen molar-refractivity contribution < 1.29 is 8.42 Å². The smallest absolute Gasteiger partial charge is 0.166 e. The largest absolute Gasteiger partial charge is 0.380 e. The Morgan fingerprint density at radius 3 is 2.95 bits per heavy atom. The minimum atomic E-state index is -3.00. The first-order chi connectivity index (χ1) is 10.1. The fourth-order valence-corrected chi connectivity index (χ4v) is 6.21. The highest BCUT2D eigenvalue weighted by atomic mass is 32.2. The molecule has 0 amide bonds. The van der Waals surface area contributed by atoms with E-state index >= 15 is 0 Å². The molecule has 1 aromatic carbocycles. The van der Waals surface area contributed by atoms with Gasteiger partial charge in [0.05, 0.1) is 0 Å². The zero-order chi connectivity index (χ0) is 14.9. The lowest BCUT2D eigenvalue weighted by Gasteiger charge is -2.36. The maximum atomic E-state index is 12.3. The molecule has 0 saturated carbocycles. The second kappa shape index (κ2) is 6.18. The zero-order valence-electron chi connectivity index (χ0n) is 12.3. The van der Waals surface area contributed by atoms with Crippen LogP contribution < -0.4 is 5.32 Å². The molecule has 0 aromatic heterocycles. The normalized spacial score (nSPS) is 26.3. The Kier molecular flexibility index (Phi) is 4.47. The molecule has 1 N–H and O–H groups in total. The van der Waals surface area contributed by atoms with Gasteiger partial charge in [-0.3, -0.25) is 4.90 Å². The molecular formula is C15H22N2O2S2. The zero-order valence-corrected chi connectivity index (χ0v) is 13.9. The van der Waals surface area contributed by atoms with Crippen LogP contribution in [-0.4, -0.2) is 55.1 Å². The van der Waals surface area contributed by atoms with E-state index in [9.17, 15) is 8.42 Å². The van der Waals surface area contributed by atoms with Gasteiger partial charge < -0.3 is 5.32 Å². The fourth-order valence-electron chi connectivity index (χ4n) is 3.12. The van der Waals surface area contributed by atoms with Crippen LogP contribution in [0.5, 0.6) is 0 Å². The predicted molar refractivity (Wildman–Crippen MR) is 89.7 cm³/mol. The van der Waals surface area contributed by atoms with Crippen molar-refractivity contribution in [1.29, 1.82) is 0 Å². The summed E-state index contributed by atoms with van der Waals surface area (Å²) in [6, 6.07) is 8.66. The molecular weight excluding hydrogens is 304 g/mol. The summed E-state index contributed by atoms with van der Waals surface area (Å²) in [4.78, 5) is 2.17. The highest BCUT2D eigenvalue weighted by Crippen LogP contribution is 2.28. The minimum absolute atomic E-state index is 0.229. The maximum absolute atomic E-state index is 12.3. The average molecular weight is 326 g/mol. The first-order valence-electron chi connectivity index (χ1n) is 7.48. The summed E-state index contributed by atoms with van der Waals surface area (Å²) in [6.45, 7) is 3.42. The molecule has 0 bridgehead atoms. The van der Waals surface area contributed by atoms with Crippen LogP contribution in [0.3, 0.4) is 0 Å². The third kappa shape index (κ3) is 3.22. The van der Waals surface area contributed by atoms with Gasteiger partial charge in [-0.05, 0) is 18.1 Å². The molecule has 2 heterocycles. The molecule has 6 heteroatoms. The summed E-state index contributed by atoms with van der Waals surface area (Å²) in [7, 11) is -3.00. The Morgan fingerprint density at radius 1 is 1.38 bits per heavy atom. The first-order valence-corrected chi connectivity index (χ1v) is 10.3. The number of hydrogen-bond acceptors (Lipinski definition) is 5. The van der Waals surface area contributed by atoms with Crippen molar-refractivity contribution in [2.24, 2.45) is 0 Å². The fraction of sp³-hybridized carbons (Fsp3) is 0.600. The molecule has 2 atom stereocenters. The van der Waals surface area contributed by atoms with Gasteiger partial charge in [-0.25, -0.2) is 8.42 Å². The summed E-state index contributed by atoms with van der Waals surface area (Å²) in [5.41, 5.74) is 2.53. The summed E-state index contributed by atoms with van der Waals surface area (Å²) in [6.07, 6.45) is 0.985. The Morgan fingerprint density at radius 2 is 2.19 bits per heavy atom. The quantitative estimate of drug-likeness (QED) is 0.915. The number of benzene rings is 1. The van der Waals surface area contributed by atoms with Crippen molar-refractivity contribution in [2.75, 3.05) is 35.7 Å². The average Bonchev–Trinajstić information content (AvgIpc) is 2.90. The lowest BCUT2D eigenvalue weighted by atomic mass is 10.1. The molecule has 3 rings (SSSR count). The molecule has 2 aliphatic rings. The van der Waals surface area contributed by atoms with E-state index in [0.29, 0.717) is 11.8 Å². The Bertz CT molecular complexity index is 578. The van der Waals surface area contributed by atoms with Gasteiger partial charge in [-0.15, -0.1) is 0 Å². The standard InChI is InChI=1S/C15H22N2O2S2/c1-2-21(18,19)15-11-20-8-7-17(15)10-13-9-12-5-3-4-6-14(12)16-13/h3-6,13,15-16H,2,7-11H2,1H3. The number of nitrogens with one attached hydrogen (secondary N) is 1. The van der Waals surface area contributed by atoms with E-state index in [4.69, 9.17) is 0 Å². The predicted octanol–water partition coefficient (Wildman–Crippen LogP) is 1.83. The number of sulfone groups is 1. The number of hydrogen-bond donors (Lipinski definition) is 1. The van der Waals surface area contributed by atoms with Crippen LogP contribution in [-0.2, 0) is 16.3 Å². The van der Waals surface area contributed by atoms with Crippen molar-refractivity contribution >= 4 is 27.3 Å². The number of rotatable bonds is 4. The highest BCUT2D eigenvalue weighted by Gasteiger charge is 2.34. The Hall–Kier alpha value is -0.720. The van der Waals surface area contributed by atoms with Crippen LogP contribution in [0.4, 0.5) is 5.69 Å². The van der Waals surface area contributed by atoms with Crippen molar-refractivity contribution in [3.8, 4) is 0 Å². The van der Waals surface area contributed by atoms with Gasteiger partial charge in [0.1, 0.15) is 5.37 Å². The number of fused-ring (bicyclic) bond motifs is 1. The van der Waals surface area contributed by atoms with Crippen molar-refractivity contribution in [3.05, 3.63) is 29.8 Å². The molecule has 21 heavy (non-hydrogen) atoms. The van der Waals surface area contributed by atoms with Crippen LogP contribution in [0.2, 0.25) is 0 Å². The molecule has 2 unspecified atom stereocenters. The first kappa shape index (κ1) is 15.2. The topological polar surface area (TPSA) is 49.4 Å². The Labute approximate surface area is 131 Å². The molecule has 1 saturated heterocycles. The van der Waals surface area contributed by atoms with E-state index in [1.807, 2.05) is 6.07 Å². The number of anilines is 1. The monoisotopic (exact) mass is 326 g/mol. The SMILES string of the molecule is CCS(=O)(=O)C1CSCCN1CC1Cc2ccccc2N1. The number of para-hydroxylation sites is 1. The minimum Gasteiger partial charge on any atom is -0.380 e. The lowest BCUT2D eigenvalue weighted by molar-refractivity contribution is 0.259. The molecule has 2 aliphatic heterocycles. The van der Waals surface area contributed by atoms with E-state index in [1.54, 1.807) is 18.7 Å². The van der Waals surface area contributed by atoms with E-state index in [1.165, 1.54) is 11.3 Å². The van der Waals surface area contributed by atoms with Crippen molar-refractivity contribution in [1.82, 2.24) is 4.90 Å². The van der Waals surface area contributed by atoms with Gasteiger partial charge >= 0.3 is 0 Å². The molecule has 0 radical (unpaired) electrons. The van der Waals surface area contributed by atoms with Crippen LogP contribution in [0, 0.1) is 0 Å². The number of thioether (sulfide) groups is 1. The summed E-state index contributed by atoms with van der Waals surface area (Å²) < 4.78 is 24.6. The molecule has 1 fully saturated rings. The van der Waals surface area contributed by atoms with Gasteiger partial charge in [0, 0.05) is 42.1 Å². The van der Waals surface area contributed by atoms with E-state index in [2.05, 4.69) is 28.4 Å². The van der Waals surface area contributed by atoms with Gasteiger partial charge in [-0.1, -0.05) is 25.1 Å². The van der Waals surface area contributed by atoms with E-state index < -0.39 is 9.84 Å². The maximum Gasteiger partial charge on any atom is 0.166 e. The third-order valence-corrected chi connectivity index (χ3v) is 7.64. The molecule has 0 aliphatic carbocycles. The second-order valence-corrected chi connectivity index (χ2v) is 9.28. The van der Waals surface area contributed by atoms with Gasteiger partial charge in [-0.2, -0.15) is 11.8 Å². The van der Waals surface area contributed by atoms with Gasteiger partial charge in [0.15, 0.2) is 9.84 Å². The van der Waals surface area contributed by atoms with E-state index in [-0.39, 0.29) is 11.1 Å². The van der Waals surface area contributed by atoms with Crippen LogP contribution in [0.25, 0.3) is 0 Å². The van der Waals surface area contributed by atoms with Crippen LogP contribution in [0.1, 0.15) is 12.5 Å². The van der Waals surface area contributed by atoms with Crippen LogP contribution in [0.15, 0.2) is 24.3 Å². The van der Waals surface area contributed by atoms with Crippen molar-refractivity contribution in [3.63, 3.8) is 0 Å². The number of nitrogens with zero attached hydrogens (tertiary/aromatic N) is 1. The Balaban J connectivity index is 1.69. The van der Waals surface area contributed by atoms with E-state index in [0.717, 1.165) is 25.3 Å². The second-order valence-electron chi connectivity index (χ2n) is 5.68.